The molecule has 0 saturated heterocycles. The summed E-state index contributed by atoms with van der Waals surface area (Å²) in [6, 6.07) is 11.4. The van der Waals surface area contributed by atoms with Gasteiger partial charge in [0.1, 0.15) is 27.5 Å². The lowest BCUT2D eigenvalue weighted by molar-refractivity contribution is -0.118. The van der Waals surface area contributed by atoms with Gasteiger partial charge in [-0.1, -0.05) is 37.3 Å². The molecule has 1 amide bonds. The van der Waals surface area contributed by atoms with E-state index in [1.807, 2.05) is 43.3 Å². The summed E-state index contributed by atoms with van der Waals surface area (Å²) in [7, 11) is 3.26. The number of ether oxygens (including phenoxy) is 3. The Hall–Kier alpha value is -2.55. The summed E-state index contributed by atoms with van der Waals surface area (Å²) in [6.07, 6.45) is 0.287. The molecule has 0 saturated carbocycles. The number of nitrogens with zero attached hydrogens (tertiary/aromatic N) is 3. The van der Waals surface area contributed by atoms with Crippen molar-refractivity contribution in [1.29, 1.82) is 0 Å². The third-order valence-electron chi connectivity index (χ3n) is 5.55. The molecule has 0 atom stereocenters. The Balaban J connectivity index is 0.00000408. The molecule has 34 heavy (non-hydrogen) atoms. The molecule has 186 valence electrons. The van der Waals surface area contributed by atoms with E-state index in [4.69, 9.17) is 19.2 Å². The Kier molecular flexibility index (Phi) is 10.9. The molecule has 0 aliphatic rings. The van der Waals surface area contributed by atoms with Crippen LogP contribution in [0.25, 0.3) is 10.2 Å². The van der Waals surface area contributed by atoms with Gasteiger partial charge in [-0.15, -0.1) is 12.4 Å². The maximum atomic E-state index is 13.5. The van der Waals surface area contributed by atoms with Gasteiger partial charge >= 0.3 is 0 Å². The molecule has 9 heteroatoms. The summed E-state index contributed by atoms with van der Waals surface area (Å²) in [5.74, 6) is 2.19. The van der Waals surface area contributed by atoms with Crippen molar-refractivity contribution in [3.8, 4) is 17.2 Å². The van der Waals surface area contributed by atoms with E-state index in [1.54, 1.807) is 19.1 Å². The van der Waals surface area contributed by atoms with Crippen molar-refractivity contribution < 1.29 is 19.0 Å². The highest BCUT2D eigenvalue weighted by molar-refractivity contribution is 7.22. The zero-order valence-corrected chi connectivity index (χ0v) is 22.1. The van der Waals surface area contributed by atoms with Gasteiger partial charge in [0, 0.05) is 13.1 Å². The van der Waals surface area contributed by atoms with Gasteiger partial charge < -0.3 is 19.1 Å². The minimum absolute atomic E-state index is 0. The monoisotopic (exact) mass is 507 g/mol. The number of amides is 1. The first-order valence-corrected chi connectivity index (χ1v) is 12.1. The zero-order valence-electron chi connectivity index (χ0n) is 20.5. The molecule has 0 fully saturated rings. The van der Waals surface area contributed by atoms with Crippen LogP contribution in [0.2, 0.25) is 0 Å². The topological polar surface area (TPSA) is 64.1 Å². The number of aromatic nitrogens is 1. The van der Waals surface area contributed by atoms with Crippen molar-refractivity contribution in [3.05, 3.63) is 42.0 Å². The number of carbonyl (C=O) groups is 1. The number of rotatable bonds is 12. The minimum atomic E-state index is 0. The number of thiazole rings is 1. The molecule has 1 heterocycles. The van der Waals surface area contributed by atoms with Gasteiger partial charge in [-0.2, -0.15) is 0 Å². The van der Waals surface area contributed by atoms with Gasteiger partial charge in [0.15, 0.2) is 5.13 Å². The first-order chi connectivity index (χ1) is 16.0. The van der Waals surface area contributed by atoms with Crippen LogP contribution in [0.4, 0.5) is 5.13 Å². The largest absolute Gasteiger partial charge is 0.495 e. The lowest BCUT2D eigenvalue weighted by Crippen LogP contribution is -2.39. The SMILES string of the molecule is CCOc1ccc(CC(=O)N(CCN(CC)CC)c2nc3c(OC)ccc(OC)c3s2)cc1.Cl. The van der Waals surface area contributed by atoms with Crippen LogP contribution in [0, 0.1) is 0 Å². The van der Waals surface area contributed by atoms with Gasteiger partial charge in [-0.25, -0.2) is 4.98 Å². The number of hydrogen-bond donors (Lipinski definition) is 0. The Morgan fingerprint density at radius 1 is 0.941 bits per heavy atom. The molecule has 1 aromatic heterocycles. The second-order valence-corrected chi connectivity index (χ2v) is 8.45. The van der Waals surface area contributed by atoms with Crippen LogP contribution in [0.1, 0.15) is 26.3 Å². The second-order valence-electron chi connectivity index (χ2n) is 7.47. The number of benzene rings is 2. The quantitative estimate of drug-likeness (QED) is 0.342. The van der Waals surface area contributed by atoms with E-state index < -0.39 is 0 Å². The summed E-state index contributed by atoms with van der Waals surface area (Å²) in [4.78, 5) is 22.4. The fourth-order valence-electron chi connectivity index (χ4n) is 3.64. The van der Waals surface area contributed by atoms with Gasteiger partial charge in [0.05, 0.1) is 27.2 Å². The molecule has 0 N–H and O–H groups in total. The van der Waals surface area contributed by atoms with Crippen LogP contribution >= 0.6 is 23.7 Å². The lowest BCUT2D eigenvalue weighted by atomic mass is 10.1. The summed E-state index contributed by atoms with van der Waals surface area (Å²) in [5, 5.41) is 0.649. The fraction of sp³-hybridized carbons (Fsp3) is 0.440. The van der Waals surface area contributed by atoms with Gasteiger partial charge in [-0.3, -0.25) is 9.69 Å². The third kappa shape index (κ3) is 6.52. The van der Waals surface area contributed by atoms with E-state index >= 15 is 0 Å². The normalized spacial score (nSPS) is 10.8. The molecular weight excluding hydrogens is 474 g/mol. The third-order valence-corrected chi connectivity index (χ3v) is 6.65. The highest BCUT2D eigenvalue weighted by Crippen LogP contribution is 2.40. The van der Waals surface area contributed by atoms with Gasteiger partial charge in [0.25, 0.3) is 0 Å². The molecule has 7 nitrogen and oxygen atoms in total. The molecule has 0 bridgehead atoms. The van der Waals surface area contributed by atoms with E-state index in [-0.39, 0.29) is 24.7 Å². The summed E-state index contributed by atoms with van der Waals surface area (Å²) < 4.78 is 17.4. The molecule has 0 unspecified atom stereocenters. The van der Waals surface area contributed by atoms with Gasteiger partial charge in [0.2, 0.25) is 5.91 Å². The molecule has 3 rings (SSSR count). The van der Waals surface area contributed by atoms with Crippen LogP contribution in [-0.2, 0) is 11.2 Å². The molecule has 0 aliphatic carbocycles. The molecular formula is C25H34ClN3O4S. The molecule has 3 aromatic rings. The van der Waals surface area contributed by atoms with E-state index in [1.165, 1.54) is 11.3 Å². The number of hydrogen-bond acceptors (Lipinski definition) is 7. The zero-order chi connectivity index (χ0) is 23.8. The van der Waals surface area contributed by atoms with Crippen molar-refractivity contribution >= 4 is 45.0 Å². The average Bonchev–Trinajstić information content (AvgIpc) is 3.27. The minimum Gasteiger partial charge on any atom is -0.495 e. The highest BCUT2D eigenvalue weighted by Gasteiger charge is 2.23. The van der Waals surface area contributed by atoms with Crippen molar-refractivity contribution in [2.24, 2.45) is 0 Å². The summed E-state index contributed by atoms with van der Waals surface area (Å²) >= 11 is 1.45. The van der Waals surface area contributed by atoms with Crippen molar-refractivity contribution in [2.75, 3.05) is 51.9 Å². The molecule has 0 spiro atoms. The maximum absolute atomic E-state index is 13.5. The molecule has 0 radical (unpaired) electrons. The number of fused-ring (bicyclic) bond motifs is 1. The van der Waals surface area contributed by atoms with Gasteiger partial charge in [-0.05, 0) is 49.8 Å². The van der Waals surface area contributed by atoms with E-state index in [0.717, 1.165) is 41.4 Å². The maximum Gasteiger partial charge on any atom is 0.233 e. The Morgan fingerprint density at radius 3 is 2.18 bits per heavy atom. The van der Waals surface area contributed by atoms with Crippen LogP contribution in [0.5, 0.6) is 17.2 Å². The number of likely N-dealkylation sites (N-methyl/N-ethyl adjacent to an activating group) is 1. The fourth-order valence-corrected chi connectivity index (χ4v) is 4.76. The number of methoxy groups -OCH3 is 2. The Morgan fingerprint density at radius 2 is 1.59 bits per heavy atom. The van der Waals surface area contributed by atoms with Crippen molar-refractivity contribution in [3.63, 3.8) is 0 Å². The summed E-state index contributed by atoms with van der Waals surface area (Å²) in [6.45, 7) is 10.0. The van der Waals surface area contributed by atoms with Crippen LogP contribution in [0.3, 0.4) is 0 Å². The van der Waals surface area contributed by atoms with Crippen LogP contribution in [-0.4, -0.2) is 62.8 Å². The second kappa shape index (κ2) is 13.4. The van der Waals surface area contributed by atoms with Crippen LogP contribution in [0.15, 0.2) is 36.4 Å². The van der Waals surface area contributed by atoms with Crippen LogP contribution < -0.4 is 19.1 Å². The van der Waals surface area contributed by atoms with E-state index in [2.05, 4.69) is 18.7 Å². The van der Waals surface area contributed by atoms with Crippen molar-refractivity contribution in [2.45, 2.75) is 27.2 Å². The highest BCUT2D eigenvalue weighted by atomic mass is 35.5. The van der Waals surface area contributed by atoms with Crippen molar-refractivity contribution in [1.82, 2.24) is 9.88 Å². The first kappa shape index (κ1) is 27.7. The van der Waals surface area contributed by atoms with E-state index in [9.17, 15) is 4.79 Å². The summed E-state index contributed by atoms with van der Waals surface area (Å²) in [5.41, 5.74) is 1.64. The smallest absolute Gasteiger partial charge is 0.233 e. The number of halogens is 1. The average molecular weight is 508 g/mol. The molecule has 0 aliphatic heterocycles. The predicted molar refractivity (Wildman–Crippen MR) is 141 cm³/mol. The predicted octanol–water partition coefficient (Wildman–Crippen LogP) is 5.05. The van der Waals surface area contributed by atoms with E-state index in [0.29, 0.717) is 29.5 Å². The number of anilines is 1. The lowest BCUT2D eigenvalue weighted by Gasteiger charge is -2.24. The standard InChI is InChI=1S/C25H33N3O4S.ClH/c1-6-27(7-2)15-16-28(22(29)17-18-9-11-19(12-10-18)32-8-3)25-26-23-20(30-4)13-14-21(31-5)24(23)33-25;/h9-14H,6-8,15-17H2,1-5H3;1H. The molecule has 2 aromatic carbocycles. The first-order valence-electron chi connectivity index (χ1n) is 11.3. The Labute approximate surface area is 212 Å². The Bertz CT molecular complexity index is 1010. The number of carbonyl (C=O) groups excluding carboxylic acids is 1.